The molecular formula is C18H15BrN2O2. The minimum atomic E-state index is -0.248. The Labute approximate surface area is 142 Å². The summed E-state index contributed by atoms with van der Waals surface area (Å²) in [7, 11) is 0. The molecule has 0 radical (unpaired) electrons. The first-order chi connectivity index (χ1) is 11.2. The molecule has 3 aromatic rings. The van der Waals surface area contributed by atoms with Crippen LogP contribution in [0.2, 0.25) is 0 Å². The SMILES string of the molecule is O=C(Nc1ccc(Br)o1)N(Cc1ccccc1)c1ccccc1. The predicted molar refractivity (Wildman–Crippen MR) is 94.5 cm³/mol. The van der Waals surface area contributed by atoms with E-state index in [1.807, 2.05) is 60.7 Å². The molecule has 0 spiro atoms. The van der Waals surface area contributed by atoms with E-state index in [1.165, 1.54) is 0 Å². The van der Waals surface area contributed by atoms with Gasteiger partial charge < -0.3 is 4.42 Å². The number of furan rings is 1. The number of para-hydroxylation sites is 1. The van der Waals surface area contributed by atoms with Gasteiger partial charge in [-0.2, -0.15) is 0 Å². The van der Waals surface area contributed by atoms with Gasteiger partial charge in [0.15, 0.2) is 4.67 Å². The van der Waals surface area contributed by atoms with E-state index in [-0.39, 0.29) is 6.03 Å². The van der Waals surface area contributed by atoms with Crippen molar-refractivity contribution < 1.29 is 9.21 Å². The van der Waals surface area contributed by atoms with E-state index >= 15 is 0 Å². The third-order valence-electron chi connectivity index (χ3n) is 3.30. The van der Waals surface area contributed by atoms with Crippen LogP contribution in [-0.4, -0.2) is 6.03 Å². The fourth-order valence-electron chi connectivity index (χ4n) is 2.21. The van der Waals surface area contributed by atoms with Gasteiger partial charge in [0.05, 0.1) is 6.54 Å². The van der Waals surface area contributed by atoms with Gasteiger partial charge in [0.25, 0.3) is 0 Å². The van der Waals surface area contributed by atoms with Gasteiger partial charge in [0.2, 0.25) is 5.88 Å². The number of halogens is 1. The van der Waals surface area contributed by atoms with Crippen LogP contribution in [0.5, 0.6) is 0 Å². The maximum atomic E-state index is 12.7. The van der Waals surface area contributed by atoms with Gasteiger partial charge in [-0.25, -0.2) is 4.79 Å². The monoisotopic (exact) mass is 370 g/mol. The third-order valence-corrected chi connectivity index (χ3v) is 3.73. The van der Waals surface area contributed by atoms with E-state index in [0.717, 1.165) is 11.3 Å². The zero-order valence-electron chi connectivity index (χ0n) is 12.3. The molecule has 0 fully saturated rings. The number of hydrogen-bond acceptors (Lipinski definition) is 2. The number of benzene rings is 2. The topological polar surface area (TPSA) is 45.5 Å². The van der Waals surface area contributed by atoms with Crippen LogP contribution in [0.4, 0.5) is 16.4 Å². The highest BCUT2D eigenvalue weighted by Crippen LogP contribution is 2.21. The Morgan fingerprint density at radius 3 is 2.22 bits per heavy atom. The Bertz CT molecular complexity index is 772. The minimum Gasteiger partial charge on any atom is -0.434 e. The molecule has 0 bridgehead atoms. The molecule has 0 aliphatic carbocycles. The zero-order chi connectivity index (χ0) is 16.1. The number of hydrogen-bond donors (Lipinski definition) is 1. The van der Waals surface area contributed by atoms with Crippen molar-refractivity contribution in [2.75, 3.05) is 10.2 Å². The summed E-state index contributed by atoms with van der Waals surface area (Å²) in [4.78, 5) is 14.3. The second kappa shape index (κ2) is 7.15. The molecule has 1 N–H and O–H groups in total. The lowest BCUT2D eigenvalue weighted by molar-refractivity contribution is 0.256. The van der Waals surface area contributed by atoms with Crippen molar-refractivity contribution in [1.29, 1.82) is 0 Å². The van der Waals surface area contributed by atoms with Crippen molar-refractivity contribution in [2.45, 2.75) is 6.54 Å². The van der Waals surface area contributed by atoms with Gasteiger partial charge in [-0.05, 0) is 39.7 Å². The lowest BCUT2D eigenvalue weighted by Crippen LogP contribution is -2.34. The first kappa shape index (κ1) is 15.4. The van der Waals surface area contributed by atoms with Crippen molar-refractivity contribution in [1.82, 2.24) is 0 Å². The Balaban J connectivity index is 1.84. The van der Waals surface area contributed by atoms with Crippen LogP contribution in [0, 0.1) is 0 Å². The van der Waals surface area contributed by atoms with Crippen LogP contribution in [0.15, 0.2) is 81.9 Å². The largest absolute Gasteiger partial charge is 0.434 e. The van der Waals surface area contributed by atoms with E-state index in [2.05, 4.69) is 21.2 Å². The summed E-state index contributed by atoms with van der Waals surface area (Å²) in [6.45, 7) is 0.471. The molecule has 2 amide bonds. The number of nitrogens with zero attached hydrogens (tertiary/aromatic N) is 1. The highest BCUT2D eigenvalue weighted by molar-refractivity contribution is 9.10. The summed E-state index contributed by atoms with van der Waals surface area (Å²) in [5, 5.41) is 2.77. The number of carbonyl (C=O) groups is 1. The van der Waals surface area contributed by atoms with Crippen LogP contribution in [-0.2, 0) is 6.54 Å². The standard InChI is InChI=1S/C18H15BrN2O2/c19-16-11-12-17(23-16)20-18(22)21(15-9-5-2-6-10-15)13-14-7-3-1-4-8-14/h1-12H,13H2,(H,20,22). The van der Waals surface area contributed by atoms with Crippen molar-refractivity contribution in [3.8, 4) is 0 Å². The van der Waals surface area contributed by atoms with E-state index in [4.69, 9.17) is 4.42 Å². The Kier molecular flexibility index (Phi) is 4.78. The lowest BCUT2D eigenvalue weighted by atomic mass is 10.2. The van der Waals surface area contributed by atoms with Crippen molar-refractivity contribution in [3.05, 3.63) is 83.0 Å². The number of amides is 2. The zero-order valence-corrected chi connectivity index (χ0v) is 13.9. The molecule has 116 valence electrons. The molecule has 0 aliphatic heterocycles. The van der Waals surface area contributed by atoms with Crippen molar-refractivity contribution in [3.63, 3.8) is 0 Å². The van der Waals surface area contributed by atoms with Crippen LogP contribution < -0.4 is 10.2 Å². The predicted octanol–water partition coefficient (Wildman–Crippen LogP) is 5.28. The summed E-state index contributed by atoms with van der Waals surface area (Å²) < 4.78 is 5.92. The summed E-state index contributed by atoms with van der Waals surface area (Å²) in [6.07, 6.45) is 0. The Morgan fingerprint density at radius 2 is 1.61 bits per heavy atom. The van der Waals surface area contributed by atoms with Gasteiger partial charge in [-0.15, -0.1) is 0 Å². The Hall–Kier alpha value is -2.53. The second-order valence-corrected chi connectivity index (χ2v) is 5.72. The first-order valence-corrected chi connectivity index (χ1v) is 7.94. The molecule has 0 saturated heterocycles. The van der Waals surface area contributed by atoms with Crippen LogP contribution in [0.1, 0.15) is 5.56 Å². The second-order valence-electron chi connectivity index (χ2n) is 4.94. The third kappa shape index (κ3) is 4.02. The van der Waals surface area contributed by atoms with Gasteiger partial charge >= 0.3 is 6.03 Å². The highest BCUT2D eigenvalue weighted by Gasteiger charge is 2.17. The molecule has 0 aliphatic rings. The summed E-state index contributed by atoms with van der Waals surface area (Å²) in [6, 6.07) is 22.6. The normalized spacial score (nSPS) is 10.3. The molecule has 0 saturated carbocycles. The molecule has 1 aromatic heterocycles. The fraction of sp³-hybridized carbons (Fsp3) is 0.0556. The molecule has 0 atom stereocenters. The molecule has 23 heavy (non-hydrogen) atoms. The molecule has 0 unspecified atom stereocenters. The molecule has 4 nitrogen and oxygen atoms in total. The van der Waals surface area contributed by atoms with Gasteiger partial charge in [0, 0.05) is 11.8 Å². The Morgan fingerprint density at radius 1 is 0.957 bits per heavy atom. The maximum Gasteiger partial charge on any atom is 0.328 e. The van der Waals surface area contributed by atoms with Gasteiger partial charge in [0.1, 0.15) is 0 Å². The molecule has 3 rings (SSSR count). The van der Waals surface area contributed by atoms with Crippen LogP contribution in [0.3, 0.4) is 0 Å². The van der Waals surface area contributed by atoms with Gasteiger partial charge in [-0.1, -0.05) is 48.5 Å². The minimum absolute atomic E-state index is 0.248. The molecular weight excluding hydrogens is 356 g/mol. The van der Waals surface area contributed by atoms with E-state index in [9.17, 15) is 4.79 Å². The molecule has 2 aromatic carbocycles. The average molecular weight is 371 g/mol. The molecule has 5 heteroatoms. The number of anilines is 2. The first-order valence-electron chi connectivity index (χ1n) is 7.15. The molecule has 1 heterocycles. The van der Waals surface area contributed by atoms with Crippen molar-refractivity contribution >= 4 is 33.5 Å². The summed E-state index contributed by atoms with van der Waals surface area (Å²) in [5.74, 6) is 0.399. The van der Waals surface area contributed by atoms with E-state index in [0.29, 0.717) is 17.1 Å². The maximum absolute atomic E-state index is 12.7. The number of rotatable bonds is 4. The number of urea groups is 1. The lowest BCUT2D eigenvalue weighted by Gasteiger charge is -2.22. The van der Waals surface area contributed by atoms with E-state index < -0.39 is 0 Å². The number of carbonyl (C=O) groups excluding carboxylic acids is 1. The van der Waals surface area contributed by atoms with Crippen LogP contribution in [0.25, 0.3) is 0 Å². The number of nitrogens with one attached hydrogen (secondary N) is 1. The summed E-state index contributed by atoms with van der Waals surface area (Å²) >= 11 is 3.23. The smallest absolute Gasteiger partial charge is 0.328 e. The van der Waals surface area contributed by atoms with Gasteiger partial charge in [-0.3, -0.25) is 10.2 Å². The summed E-state index contributed by atoms with van der Waals surface area (Å²) in [5.41, 5.74) is 1.87. The fourth-order valence-corrected chi connectivity index (χ4v) is 2.52. The average Bonchev–Trinajstić information content (AvgIpc) is 2.99. The van der Waals surface area contributed by atoms with E-state index in [1.54, 1.807) is 17.0 Å². The van der Waals surface area contributed by atoms with Crippen molar-refractivity contribution in [2.24, 2.45) is 0 Å². The van der Waals surface area contributed by atoms with Crippen LogP contribution >= 0.6 is 15.9 Å². The quantitative estimate of drug-likeness (QED) is 0.678. The highest BCUT2D eigenvalue weighted by atomic mass is 79.9.